The van der Waals surface area contributed by atoms with Gasteiger partial charge in [-0.25, -0.2) is 14.6 Å². The number of fused-ring (bicyclic) bond motifs is 2. The summed E-state index contributed by atoms with van der Waals surface area (Å²) in [5.41, 5.74) is 5.24. The zero-order valence-electron chi connectivity index (χ0n) is 15.6. The van der Waals surface area contributed by atoms with Gasteiger partial charge in [-0.05, 0) is 37.6 Å². The fourth-order valence-electron chi connectivity index (χ4n) is 3.66. The normalized spacial score (nSPS) is 12.8. The number of aromatic nitrogens is 5. The molecular formula is C20H19N7O. The number of nitrogens with zero attached hydrogens (tertiary/aromatic N) is 5. The molecule has 0 saturated carbocycles. The van der Waals surface area contributed by atoms with Gasteiger partial charge in [-0.3, -0.25) is 9.20 Å². The van der Waals surface area contributed by atoms with Crippen molar-refractivity contribution in [2.45, 2.75) is 13.3 Å². The molecule has 28 heavy (non-hydrogen) atoms. The average Bonchev–Trinajstić information content (AvgIpc) is 3.40. The Bertz CT molecular complexity index is 1220. The molecule has 1 aliphatic rings. The number of nitrogens with one attached hydrogen (secondary N) is 2. The Morgan fingerprint density at radius 1 is 1.25 bits per heavy atom. The van der Waals surface area contributed by atoms with E-state index in [0.717, 1.165) is 52.8 Å². The molecule has 4 aromatic rings. The Balaban J connectivity index is 1.74. The van der Waals surface area contributed by atoms with Gasteiger partial charge < -0.3 is 10.6 Å². The number of carbonyl (C=O) groups excluding carboxylic acids is 1. The molecule has 0 bridgehead atoms. The monoisotopic (exact) mass is 373 g/mol. The number of anilines is 1. The van der Waals surface area contributed by atoms with Crippen molar-refractivity contribution in [2.75, 3.05) is 18.9 Å². The number of aryl methyl sites for hydroxylation is 1. The number of hydrogen-bond acceptors (Lipinski definition) is 5. The van der Waals surface area contributed by atoms with Crippen LogP contribution in [0.25, 0.3) is 22.7 Å². The summed E-state index contributed by atoms with van der Waals surface area (Å²) in [6.45, 7) is 2.83. The lowest BCUT2D eigenvalue weighted by Crippen LogP contribution is -2.19. The number of hydrogen-bond donors (Lipinski definition) is 2. The van der Waals surface area contributed by atoms with Crippen molar-refractivity contribution in [3.05, 3.63) is 59.7 Å². The van der Waals surface area contributed by atoms with E-state index in [-0.39, 0.29) is 5.91 Å². The first-order valence-electron chi connectivity index (χ1n) is 9.15. The van der Waals surface area contributed by atoms with Crippen molar-refractivity contribution in [3.8, 4) is 17.1 Å². The molecule has 4 aromatic heterocycles. The Morgan fingerprint density at radius 3 is 2.96 bits per heavy atom. The van der Waals surface area contributed by atoms with Gasteiger partial charge in [0.2, 0.25) is 0 Å². The van der Waals surface area contributed by atoms with Crippen LogP contribution in [-0.2, 0) is 6.42 Å². The third kappa shape index (κ3) is 2.45. The zero-order valence-corrected chi connectivity index (χ0v) is 15.6. The van der Waals surface area contributed by atoms with Crippen LogP contribution in [-0.4, -0.2) is 43.6 Å². The molecule has 5 heterocycles. The largest absolute Gasteiger partial charge is 0.368 e. The van der Waals surface area contributed by atoms with E-state index < -0.39 is 0 Å². The molecule has 1 aliphatic heterocycles. The van der Waals surface area contributed by atoms with Crippen LogP contribution in [0.4, 0.5) is 5.82 Å². The summed E-state index contributed by atoms with van der Waals surface area (Å²) in [5.74, 6) is 1.48. The van der Waals surface area contributed by atoms with Gasteiger partial charge in [-0.2, -0.15) is 0 Å². The Hall–Kier alpha value is -3.68. The maximum atomic E-state index is 12.2. The van der Waals surface area contributed by atoms with Gasteiger partial charge >= 0.3 is 0 Å². The van der Waals surface area contributed by atoms with Crippen LogP contribution in [0, 0.1) is 6.92 Å². The number of rotatable bonds is 3. The summed E-state index contributed by atoms with van der Waals surface area (Å²) in [4.78, 5) is 21.2. The van der Waals surface area contributed by atoms with Crippen molar-refractivity contribution in [1.29, 1.82) is 0 Å². The highest BCUT2D eigenvalue weighted by Gasteiger charge is 2.25. The fourth-order valence-corrected chi connectivity index (χ4v) is 3.66. The van der Waals surface area contributed by atoms with E-state index in [0.29, 0.717) is 5.69 Å². The molecule has 2 N–H and O–H groups in total. The topological polar surface area (TPSA) is 89.1 Å². The van der Waals surface area contributed by atoms with Crippen LogP contribution in [0.3, 0.4) is 0 Å². The molecule has 0 spiro atoms. The molecular weight excluding hydrogens is 354 g/mol. The quantitative estimate of drug-likeness (QED) is 0.575. The lowest BCUT2D eigenvalue weighted by Gasteiger charge is -2.10. The Morgan fingerprint density at radius 2 is 2.14 bits per heavy atom. The van der Waals surface area contributed by atoms with E-state index in [4.69, 9.17) is 5.10 Å². The summed E-state index contributed by atoms with van der Waals surface area (Å²) in [6, 6.07) is 9.82. The molecule has 0 aliphatic carbocycles. The van der Waals surface area contributed by atoms with Crippen molar-refractivity contribution in [3.63, 3.8) is 0 Å². The van der Waals surface area contributed by atoms with E-state index in [1.165, 1.54) is 0 Å². The predicted octanol–water partition coefficient (Wildman–Crippen LogP) is 2.22. The van der Waals surface area contributed by atoms with Gasteiger partial charge in [-0.1, -0.05) is 6.07 Å². The molecule has 0 fully saturated rings. The second kappa shape index (κ2) is 6.19. The Labute approximate surface area is 161 Å². The van der Waals surface area contributed by atoms with E-state index in [2.05, 4.69) is 20.6 Å². The van der Waals surface area contributed by atoms with Gasteiger partial charge in [0.15, 0.2) is 11.6 Å². The van der Waals surface area contributed by atoms with Crippen LogP contribution in [0.5, 0.6) is 0 Å². The van der Waals surface area contributed by atoms with E-state index in [1.807, 2.05) is 52.5 Å². The lowest BCUT2D eigenvalue weighted by atomic mass is 10.1. The van der Waals surface area contributed by atoms with Crippen LogP contribution < -0.4 is 10.6 Å². The van der Waals surface area contributed by atoms with Gasteiger partial charge in [0.1, 0.15) is 11.3 Å². The van der Waals surface area contributed by atoms with E-state index >= 15 is 0 Å². The SMILES string of the molecule is CNC(=O)c1cnc2ccc(-c3c4c(nn3-c3cccc(C)n3)NCC4)cn12. The number of amides is 1. The molecule has 0 saturated heterocycles. The minimum atomic E-state index is -0.176. The molecule has 5 rings (SSSR count). The predicted molar refractivity (Wildman–Crippen MR) is 106 cm³/mol. The highest BCUT2D eigenvalue weighted by Crippen LogP contribution is 2.34. The molecule has 8 heteroatoms. The third-order valence-electron chi connectivity index (χ3n) is 4.98. The minimum Gasteiger partial charge on any atom is -0.368 e. The third-order valence-corrected chi connectivity index (χ3v) is 4.98. The van der Waals surface area contributed by atoms with Crippen LogP contribution >= 0.6 is 0 Å². The molecule has 0 atom stereocenters. The standard InChI is InChI=1S/C20H19N7O/c1-12-4-3-5-17(24-12)27-18(14-8-9-22-19(14)25-27)13-6-7-16-23-10-15(20(28)21-2)26(16)11-13/h3-7,10-11H,8-9H2,1-2H3,(H,21,28)(H,22,25). The smallest absolute Gasteiger partial charge is 0.269 e. The maximum absolute atomic E-state index is 12.2. The molecule has 0 unspecified atom stereocenters. The van der Waals surface area contributed by atoms with Gasteiger partial charge in [-0.15, -0.1) is 5.10 Å². The van der Waals surface area contributed by atoms with Gasteiger partial charge in [0, 0.05) is 36.6 Å². The highest BCUT2D eigenvalue weighted by molar-refractivity contribution is 5.93. The minimum absolute atomic E-state index is 0.176. The fraction of sp³-hybridized carbons (Fsp3) is 0.200. The first kappa shape index (κ1) is 16.5. The second-order valence-electron chi connectivity index (χ2n) is 6.77. The van der Waals surface area contributed by atoms with E-state index in [9.17, 15) is 4.79 Å². The van der Waals surface area contributed by atoms with Crippen molar-refractivity contribution < 1.29 is 4.79 Å². The summed E-state index contributed by atoms with van der Waals surface area (Å²) in [5, 5.41) is 10.8. The molecule has 140 valence electrons. The summed E-state index contributed by atoms with van der Waals surface area (Å²) in [7, 11) is 1.61. The highest BCUT2D eigenvalue weighted by atomic mass is 16.1. The van der Waals surface area contributed by atoms with Crippen molar-refractivity contribution in [2.24, 2.45) is 0 Å². The molecule has 0 radical (unpaired) electrons. The summed E-state index contributed by atoms with van der Waals surface area (Å²) >= 11 is 0. The molecule has 0 aromatic carbocycles. The average molecular weight is 373 g/mol. The van der Waals surface area contributed by atoms with Crippen LogP contribution in [0.1, 0.15) is 21.7 Å². The van der Waals surface area contributed by atoms with Gasteiger partial charge in [0.05, 0.1) is 11.9 Å². The first-order valence-corrected chi connectivity index (χ1v) is 9.15. The summed E-state index contributed by atoms with van der Waals surface area (Å²) in [6.07, 6.45) is 4.42. The second-order valence-corrected chi connectivity index (χ2v) is 6.77. The van der Waals surface area contributed by atoms with Crippen molar-refractivity contribution >= 4 is 17.4 Å². The molecule has 8 nitrogen and oxygen atoms in total. The Kier molecular flexibility index (Phi) is 3.65. The number of pyridine rings is 2. The zero-order chi connectivity index (χ0) is 19.3. The number of carbonyl (C=O) groups is 1. The van der Waals surface area contributed by atoms with Crippen LogP contribution in [0.2, 0.25) is 0 Å². The lowest BCUT2D eigenvalue weighted by molar-refractivity contribution is 0.0957. The first-order chi connectivity index (χ1) is 13.7. The summed E-state index contributed by atoms with van der Waals surface area (Å²) < 4.78 is 3.69. The van der Waals surface area contributed by atoms with Crippen LogP contribution in [0.15, 0.2) is 42.7 Å². The number of imidazole rings is 1. The van der Waals surface area contributed by atoms with Gasteiger partial charge in [0.25, 0.3) is 5.91 Å². The van der Waals surface area contributed by atoms with E-state index in [1.54, 1.807) is 13.2 Å². The maximum Gasteiger partial charge on any atom is 0.269 e. The van der Waals surface area contributed by atoms with Crippen molar-refractivity contribution in [1.82, 2.24) is 29.5 Å². The molecule has 1 amide bonds.